The first-order chi connectivity index (χ1) is 17.1. The number of hydrogen-bond acceptors (Lipinski definition) is 6. The van der Waals surface area contributed by atoms with Crippen LogP contribution < -0.4 is 20.1 Å². The molecule has 0 aliphatic carbocycles. The largest absolute Gasteiger partial charge is 0.485 e. The lowest BCUT2D eigenvalue weighted by Gasteiger charge is -2.40. The Labute approximate surface area is 214 Å². The number of aliphatic imine (C=N–C) groups is 1. The summed E-state index contributed by atoms with van der Waals surface area (Å²) < 4.78 is 34.6. The van der Waals surface area contributed by atoms with Gasteiger partial charge in [-0.05, 0) is 68.4 Å². The molecule has 0 fully saturated rings. The molecule has 3 aromatic rings. The highest BCUT2D eigenvalue weighted by atomic mass is 35.5. The molecular weight excluding hydrogens is 502 g/mol. The van der Waals surface area contributed by atoms with Crippen molar-refractivity contribution in [1.82, 2.24) is 5.32 Å². The smallest absolute Gasteiger partial charge is 0.261 e. The molecule has 11 heteroatoms. The number of nitrogens with one attached hydrogen (secondary N) is 3. The number of para-hydroxylation sites is 1. The third-order valence-corrected chi connectivity index (χ3v) is 7.20. The van der Waals surface area contributed by atoms with Crippen molar-refractivity contribution in [3.8, 4) is 11.9 Å². The van der Waals surface area contributed by atoms with Crippen LogP contribution in [0.2, 0.25) is 5.02 Å². The van der Waals surface area contributed by atoms with Gasteiger partial charge in [-0.15, -0.1) is 0 Å². The summed E-state index contributed by atoms with van der Waals surface area (Å²) in [7, 11) is -3.94. The molecular formula is C25H24ClN5O4S. The number of ether oxygens (including phenoxy) is 1. The first-order valence-corrected chi connectivity index (χ1v) is 12.8. The summed E-state index contributed by atoms with van der Waals surface area (Å²) in [6.07, 6.45) is 0.664. The van der Waals surface area contributed by atoms with Gasteiger partial charge in [0.05, 0.1) is 4.90 Å². The average Bonchev–Trinajstić information content (AvgIpc) is 2.83. The summed E-state index contributed by atoms with van der Waals surface area (Å²) in [5.74, 6) is 0.434. The molecule has 3 aromatic carbocycles. The van der Waals surface area contributed by atoms with Crippen molar-refractivity contribution in [1.29, 1.82) is 5.26 Å². The topological polar surface area (TPSA) is 136 Å². The number of guanidine groups is 1. The van der Waals surface area contributed by atoms with E-state index in [4.69, 9.17) is 16.3 Å². The lowest BCUT2D eigenvalue weighted by molar-refractivity contribution is -0.0568. The molecule has 1 heterocycles. The van der Waals surface area contributed by atoms with Crippen LogP contribution in [0.3, 0.4) is 0 Å². The van der Waals surface area contributed by atoms with Crippen LogP contribution in [0.4, 0.5) is 11.4 Å². The molecule has 36 heavy (non-hydrogen) atoms. The van der Waals surface area contributed by atoms with Gasteiger partial charge >= 0.3 is 0 Å². The lowest BCUT2D eigenvalue weighted by Crippen LogP contribution is -2.49. The maximum atomic E-state index is 13.1. The van der Waals surface area contributed by atoms with E-state index in [2.05, 4.69) is 20.3 Å². The zero-order chi connectivity index (χ0) is 25.9. The molecule has 0 saturated carbocycles. The van der Waals surface area contributed by atoms with E-state index in [0.717, 1.165) is 0 Å². The van der Waals surface area contributed by atoms with Crippen LogP contribution in [0.25, 0.3) is 0 Å². The Morgan fingerprint density at radius 1 is 1.08 bits per heavy atom. The second kappa shape index (κ2) is 10.1. The molecule has 1 aliphatic rings. The fourth-order valence-electron chi connectivity index (χ4n) is 3.73. The molecule has 0 unspecified atom stereocenters. The third kappa shape index (κ3) is 5.54. The van der Waals surface area contributed by atoms with Crippen LogP contribution in [0, 0.1) is 11.5 Å². The highest BCUT2D eigenvalue weighted by molar-refractivity contribution is 7.92. The Kier molecular flexibility index (Phi) is 7.08. The van der Waals surface area contributed by atoms with Crippen molar-refractivity contribution in [3.05, 3.63) is 83.4 Å². The van der Waals surface area contributed by atoms with Gasteiger partial charge in [-0.25, -0.2) is 13.4 Å². The minimum absolute atomic E-state index is 0.0266. The zero-order valence-electron chi connectivity index (χ0n) is 19.4. The summed E-state index contributed by atoms with van der Waals surface area (Å²) in [5.41, 5.74) is 0.329. The second-order valence-corrected chi connectivity index (χ2v) is 10.7. The number of nitriles is 1. The molecule has 2 atom stereocenters. The molecule has 4 rings (SSSR count). The molecule has 0 saturated heterocycles. The van der Waals surface area contributed by atoms with Crippen molar-refractivity contribution < 1.29 is 18.3 Å². The molecule has 186 valence electrons. The second-order valence-electron chi connectivity index (χ2n) is 8.61. The number of sulfonamides is 1. The van der Waals surface area contributed by atoms with Crippen molar-refractivity contribution in [2.75, 3.05) is 10.0 Å². The van der Waals surface area contributed by atoms with Gasteiger partial charge in [0.15, 0.2) is 6.19 Å². The van der Waals surface area contributed by atoms with E-state index in [0.29, 0.717) is 27.7 Å². The lowest BCUT2D eigenvalue weighted by atomic mass is 9.87. The first kappa shape index (κ1) is 25.3. The molecule has 0 aromatic heterocycles. The van der Waals surface area contributed by atoms with Gasteiger partial charge in [0.1, 0.15) is 23.5 Å². The minimum atomic E-state index is -3.94. The van der Waals surface area contributed by atoms with Gasteiger partial charge in [0.25, 0.3) is 10.0 Å². The number of aliphatic hydroxyl groups excluding tert-OH is 1. The predicted molar refractivity (Wildman–Crippen MR) is 138 cm³/mol. The third-order valence-electron chi connectivity index (χ3n) is 5.57. The summed E-state index contributed by atoms with van der Waals surface area (Å²) in [4.78, 5) is 4.54. The van der Waals surface area contributed by atoms with E-state index in [1.165, 1.54) is 18.2 Å². The van der Waals surface area contributed by atoms with Gasteiger partial charge in [-0.2, -0.15) is 5.26 Å². The number of aliphatic hydroxyl groups is 1. The van der Waals surface area contributed by atoms with Crippen LogP contribution in [-0.2, 0) is 10.0 Å². The number of hydrogen-bond donors (Lipinski definition) is 4. The summed E-state index contributed by atoms with van der Waals surface area (Å²) >= 11 is 5.95. The van der Waals surface area contributed by atoms with E-state index < -0.39 is 27.8 Å². The fourth-order valence-corrected chi connectivity index (χ4v) is 4.95. The number of benzene rings is 3. The number of anilines is 2. The molecule has 9 nitrogen and oxygen atoms in total. The van der Waals surface area contributed by atoms with E-state index in [1.54, 1.807) is 68.4 Å². The SMILES string of the molecule is CC1(C)Oc2ccc(S(=O)(=O)Nc3ccccc3)cc2[C@@H](N=C(NC#N)Nc2ccc(Cl)cc2)[C@@H]1O. The van der Waals surface area contributed by atoms with E-state index in [9.17, 15) is 18.8 Å². The normalized spacial score (nSPS) is 18.8. The van der Waals surface area contributed by atoms with Gasteiger partial charge < -0.3 is 15.2 Å². The predicted octanol–water partition coefficient (Wildman–Crippen LogP) is 4.25. The van der Waals surface area contributed by atoms with Gasteiger partial charge in [0.2, 0.25) is 5.96 Å². The number of nitrogens with zero attached hydrogens (tertiary/aromatic N) is 2. The van der Waals surface area contributed by atoms with Crippen molar-refractivity contribution in [2.24, 2.45) is 4.99 Å². The molecule has 0 radical (unpaired) electrons. The highest BCUT2D eigenvalue weighted by Crippen LogP contribution is 2.43. The fraction of sp³-hybridized carbons (Fsp3) is 0.200. The minimum Gasteiger partial charge on any atom is -0.485 e. The van der Waals surface area contributed by atoms with Crippen molar-refractivity contribution in [3.63, 3.8) is 0 Å². The Balaban J connectivity index is 1.75. The van der Waals surface area contributed by atoms with Crippen molar-refractivity contribution in [2.45, 2.75) is 36.5 Å². The number of rotatable bonds is 5. The van der Waals surface area contributed by atoms with Crippen LogP contribution in [0.5, 0.6) is 5.75 Å². The number of halogens is 1. The maximum Gasteiger partial charge on any atom is 0.261 e. The van der Waals surface area contributed by atoms with Gasteiger partial charge in [-0.1, -0.05) is 29.8 Å². The van der Waals surface area contributed by atoms with Gasteiger partial charge in [0, 0.05) is 22.0 Å². The zero-order valence-corrected chi connectivity index (χ0v) is 21.0. The highest BCUT2D eigenvalue weighted by Gasteiger charge is 2.43. The molecule has 0 amide bonds. The maximum absolute atomic E-state index is 13.1. The molecule has 4 N–H and O–H groups in total. The first-order valence-electron chi connectivity index (χ1n) is 10.9. The van der Waals surface area contributed by atoms with Crippen LogP contribution in [0.1, 0.15) is 25.5 Å². The van der Waals surface area contributed by atoms with Gasteiger partial charge in [-0.3, -0.25) is 10.0 Å². The summed E-state index contributed by atoms with van der Waals surface area (Å²) in [6.45, 7) is 3.41. The van der Waals surface area contributed by atoms with E-state index in [-0.39, 0.29) is 10.9 Å². The van der Waals surface area contributed by atoms with E-state index >= 15 is 0 Å². The summed E-state index contributed by atoms with van der Waals surface area (Å²) in [5, 5.41) is 26.4. The Hall–Kier alpha value is -3.78. The molecule has 0 spiro atoms. The number of fused-ring (bicyclic) bond motifs is 1. The van der Waals surface area contributed by atoms with Crippen molar-refractivity contribution >= 4 is 39.0 Å². The van der Waals surface area contributed by atoms with Crippen LogP contribution >= 0.6 is 11.6 Å². The van der Waals surface area contributed by atoms with E-state index in [1.807, 2.05) is 6.19 Å². The summed E-state index contributed by atoms with van der Waals surface area (Å²) in [6, 6.07) is 18.7. The Morgan fingerprint density at radius 2 is 1.78 bits per heavy atom. The van der Waals surface area contributed by atoms with Crippen LogP contribution in [-0.4, -0.2) is 31.2 Å². The molecule has 0 bridgehead atoms. The standard InChI is InChI=1S/C25H24ClN5O4S/c1-25(2)23(32)22(30-24(28-15-27)29-17-10-8-16(26)9-11-17)20-14-19(12-13-21(20)35-25)36(33,34)31-18-6-4-3-5-7-18/h3-14,22-23,31-32H,1-2H3,(H2,28,29,30)/t22-,23+/m1/s1. The average molecular weight is 526 g/mol. The quantitative estimate of drug-likeness (QED) is 0.169. The van der Waals surface area contributed by atoms with Crippen LogP contribution in [0.15, 0.2) is 82.7 Å². The Morgan fingerprint density at radius 3 is 2.44 bits per heavy atom. The monoisotopic (exact) mass is 525 g/mol. The molecule has 1 aliphatic heterocycles. The Bertz CT molecular complexity index is 1420.